The molecular weight excluding hydrogens is 367 g/mol. The van der Waals surface area contributed by atoms with E-state index in [9.17, 15) is 9.90 Å². The van der Waals surface area contributed by atoms with Gasteiger partial charge in [0.05, 0.1) is 11.7 Å². The van der Waals surface area contributed by atoms with E-state index in [1.54, 1.807) is 0 Å². The molecule has 0 aromatic heterocycles. The van der Waals surface area contributed by atoms with Gasteiger partial charge in [0, 0.05) is 12.5 Å². The van der Waals surface area contributed by atoms with Gasteiger partial charge in [-0.15, -0.1) is 0 Å². The number of nitrogens with zero attached hydrogens (tertiary/aromatic N) is 1. The van der Waals surface area contributed by atoms with Gasteiger partial charge in [-0.3, -0.25) is 4.79 Å². The lowest BCUT2D eigenvalue weighted by atomic mass is 9.43. The van der Waals surface area contributed by atoms with Crippen LogP contribution < -0.4 is 5.73 Å². The molecule has 1 saturated heterocycles. The summed E-state index contributed by atoms with van der Waals surface area (Å²) in [6, 6.07) is 0. The van der Waals surface area contributed by atoms with Gasteiger partial charge in [-0.2, -0.15) is 0 Å². The van der Waals surface area contributed by atoms with Gasteiger partial charge in [0.2, 0.25) is 0 Å². The maximum atomic E-state index is 12.0. The minimum atomic E-state index is -1.13. The first-order chi connectivity index (χ1) is 13.5. The molecule has 4 aliphatic carbocycles. The Bertz CT molecular complexity index is 659. The largest absolute Gasteiger partial charge is 0.480 e. The van der Waals surface area contributed by atoms with Crippen molar-refractivity contribution in [2.45, 2.75) is 82.9 Å². The van der Waals surface area contributed by atoms with Crippen molar-refractivity contribution in [3.63, 3.8) is 0 Å². The predicted molar refractivity (Wildman–Crippen MR) is 113 cm³/mol. The highest BCUT2D eigenvalue weighted by Gasteiger charge is 2.67. The van der Waals surface area contributed by atoms with E-state index < -0.39 is 11.5 Å². The fourth-order valence-electron chi connectivity index (χ4n) is 7.09. The molecular formula is C22H39BN2O4. The zero-order chi connectivity index (χ0) is 21.2. The Morgan fingerprint density at radius 2 is 1.97 bits per heavy atom. The van der Waals surface area contributed by atoms with Gasteiger partial charge in [-0.05, 0) is 82.6 Å². The molecule has 1 aliphatic heterocycles. The van der Waals surface area contributed by atoms with Crippen LogP contribution in [0.3, 0.4) is 0 Å². The summed E-state index contributed by atoms with van der Waals surface area (Å²) in [4.78, 5) is 14.0. The summed E-state index contributed by atoms with van der Waals surface area (Å²) in [5.74, 6) is 0.800. The zero-order valence-electron chi connectivity index (χ0n) is 18.8. The first kappa shape index (κ1) is 21.6. The molecule has 29 heavy (non-hydrogen) atoms. The number of rotatable bonds is 6. The van der Waals surface area contributed by atoms with E-state index in [0.717, 1.165) is 44.5 Å². The Labute approximate surface area is 176 Å². The summed E-state index contributed by atoms with van der Waals surface area (Å²) in [5, 5.41) is 9.84. The maximum Gasteiger partial charge on any atom is 0.457 e. The average molecular weight is 406 g/mol. The Morgan fingerprint density at radius 1 is 1.24 bits per heavy atom. The molecule has 5 aliphatic rings. The van der Waals surface area contributed by atoms with Crippen LogP contribution in [0.5, 0.6) is 0 Å². The fraction of sp³-hybridized carbons (Fsp3) is 0.955. The van der Waals surface area contributed by atoms with E-state index in [1.165, 1.54) is 6.42 Å². The third kappa shape index (κ3) is 3.46. The normalized spacial score (nSPS) is 45.8. The third-order valence-electron chi connectivity index (χ3n) is 9.07. The standard InChI is InChI=1S/C22H39BN2O4/c1-20(2)16-10-17(20)21(3)18(11-16)28-23(29-21)9-8-14-6-7-15(13-25(4)5)22(24,12-14)19(26)27/h14-18H,6-13,24H2,1-5H3,(H,26,27)/t14-,15-,16+,17+,18-,21+,22+/m0/s1. The molecule has 0 aromatic carbocycles. The summed E-state index contributed by atoms with van der Waals surface area (Å²) in [7, 11) is 3.81. The fourth-order valence-corrected chi connectivity index (χ4v) is 7.09. The van der Waals surface area contributed by atoms with Crippen molar-refractivity contribution < 1.29 is 19.2 Å². The van der Waals surface area contributed by atoms with Gasteiger partial charge in [0.25, 0.3) is 0 Å². The molecule has 3 N–H and O–H groups in total. The monoisotopic (exact) mass is 406 g/mol. The first-order valence-corrected chi connectivity index (χ1v) is 11.5. The molecule has 6 nitrogen and oxygen atoms in total. The molecule has 0 aromatic rings. The van der Waals surface area contributed by atoms with Crippen molar-refractivity contribution in [3.05, 3.63) is 0 Å². The van der Waals surface area contributed by atoms with Crippen LogP contribution in [0.4, 0.5) is 0 Å². The Hall–Kier alpha value is -0.625. The lowest BCUT2D eigenvalue weighted by Crippen LogP contribution is -2.65. The van der Waals surface area contributed by atoms with Crippen molar-refractivity contribution in [1.82, 2.24) is 4.90 Å². The molecule has 7 atom stereocenters. The van der Waals surface area contributed by atoms with Crippen LogP contribution in [0.15, 0.2) is 0 Å². The maximum absolute atomic E-state index is 12.0. The van der Waals surface area contributed by atoms with E-state index >= 15 is 0 Å². The number of carbonyl (C=O) groups is 1. The van der Waals surface area contributed by atoms with Crippen molar-refractivity contribution in [1.29, 1.82) is 0 Å². The second kappa shape index (κ2) is 7.21. The van der Waals surface area contributed by atoms with Gasteiger partial charge in [-0.1, -0.05) is 20.3 Å². The van der Waals surface area contributed by atoms with Gasteiger partial charge in [0.15, 0.2) is 0 Å². The molecule has 1 heterocycles. The minimum absolute atomic E-state index is 0.000965. The van der Waals surface area contributed by atoms with Crippen LogP contribution in [0.2, 0.25) is 6.32 Å². The third-order valence-corrected chi connectivity index (χ3v) is 9.07. The van der Waals surface area contributed by atoms with Gasteiger partial charge in [-0.25, -0.2) is 0 Å². The van der Waals surface area contributed by atoms with Crippen LogP contribution in [0.1, 0.15) is 59.3 Å². The lowest BCUT2D eigenvalue weighted by molar-refractivity contribution is -0.199. The van der Waals surface area contributed by atoms with Crippen LogP contribution in [0, 0.1) is 29.1 Å². The number of hydrogen-bond acceptors (Lipinski definition) is 5. The van der Waals surface area contributed by atoms with Gasteiger partial charge >= 0.3 is 13.1 Å². The summed E-state index contributed by atoms with van der Waals surface area (Å²) in [6.45, 7) is 7.73. The molecule has 0 spiro atoms. The summed E-state index contributed by atoms with van der Waals surface area (Å²) in [5.41, 5.74) is 5.52. The molecule has 0 unspecified atom stereocenters. The average Bonchev–Trinajstić information content (AvgIpc) is 2.97. The quantitative estimate of drug-likeness (QED) is 0.660. The van der Waals surface area contributed by atoms with E-state index in [4.69, 9.17) is 15.0 Å². The predicted octanol–water partition coefficient (Wildman–Crippen LogP) is 2.86. The minimum Gasteiger partial charge on any atom is -0.480 e. The van der Waals surface area contributed by atoms with Crippen molar-refractivity contribution in [3.8, 4) is 0 Å². The molecule has 0 radical (unpaired) electrons. The van der Waals surface area contributed by atoms with Gasteiger partial charge < -0.3 is 25.0 Å². The molecule has 7 heteroatoms. The van der Waals surface area contributed by atoms with E-state index in [1.807, 2.05) is 19.0 Å². The molecule has 0 amide bonds. The highest BCUT2D eigenvalue weighted by atomic mass is 16.7. The van der Waals surface area contributed by atoms with Crippen molar-refractivity contribution >= 4 is 13.1 Å². The number of aliphatic carboxylic acids is 1. The van der Waals surface area contributed by atoms with Crippen molar-refractivity contribution in [2.24, 2.45) is 34.8 Å². The molecule has 164 valence electrons. The smallest absolute Gasteiger partial charge is 0.457 e. The van der Waals surface area contributed by atoms with Crippen LogP contribution in [0.25, 0.3) is 0 Å². The summed E-state index contributed by atoms with van der Waals surface area (Å²) in [6.07, 6.45) is 6.80. The summed E-state index contributed by atoms with van der Waals surface area (Å²) >= 11 is 0. The highest BCUT2D eigenvalue weighted by molar-refractivity contribution is 6.45. The first-order valence-electron chi connectivity index (χ1n) is 11.5. The highest BCUT2D eigenvalue weighted by Crippen LogP contribution is 2.65. The number of carboxylic acids is 1. The number of hydrogen-bond donors (Lipinski definition) is 2. The second-order valence-electron chi connectivity index (χ2n) is 11.4. The Kier molecular flexibility index (Phi) is 5.37. The number of nitrogens with two attached hydrogens (primary N) is 1. The number of carboxylic acid groups (broad SMARTS) is 1. The van der Waals surface area contributed by atoms with E-state index in [0.29, 0.717) is 23.7 Å². The van der Waals surface area contributed by atoms with Crippen LogP contribution in [-0.4, -0.2) is 61.0 Å². The summed E-state index contributed by atoms with van der Waals surface area (Å²) < 4.78 is 12.9. The molecule has 4 saturated carbocycles. The zero-order valence-corrected chi connectivity index (χ0v) is 18.8. The molecule has 5 fully saturated rings. The van der Waals surface area contributed by atoms with E-state index in [2.05, 4.69) is 20.8 Å². The second-order valence-corrected chi connectivity index (χ2v) is 11.4. The van der Waals surface area contributed by atoms with Crippen LogP contribution in [-0.2, 0) is 14.1 Å². The molecule has 5 rings (SSSR count). The van der Waals surface area contributed by atoms with E-state index in [-0.39, 0.29) is 24.7 Å². The Morgan fingerprint density at radius 3 is 2.59 bits per heavy atom. The lowest BCUT2D eigenvalue weighted by Gasteiger charge is -2.64. The SMILES string of the molecule is CN(C)C[C@@H]1CC[C@@H](CCB2O[C@H]3C[C@H]4C[C@H](C4(C)C)[C@@]3(C)O2)C[C@]1(N)C(=O)O. The van der Waals surface area contributed by atoms with Gasteiger partial charge in [0.1, 0.15) is 5.54 Å². The molecule has 2 bridgehead atoms. The van der Waals surface area contributed by atoms with Crippen LogP contribution >= 0.6 is 0 Å². The topological polar surface area (TPSA) is 85.0 Å². The van der Waals surface area contributed by atoms with Crippen molar-refractivity contribution in [2.75, 3.05) is 20.6 Å². The Balaban J connectivity index is 1.34.